The smallest absolute Gasteiger partial charge is 0.0696 e. The van der Waals surface area contributed by atoms with Crippen molar-refractivity contribution in [2.45, 2.75) is 53.1 Å². The van der Waals surface area contributed by atoms with Crippen molar-refractivity contribution in [3.05, 3.63) is 16.4 Å². The summed E-state index contributed by atoms with van der Waals surface area (Å²) >= 11 is 3.64. The van der Waals surface area contributed by atoms with E-state index in [0.29, 0.717) is 24.0 Å². The Hall–Kier alpha value is -0.390. The number of methoxy groups -OCH3 is 1. The molecule has 0 radical (unpaired) electrons. The highest BCUT2D eigenvalue weighted by atomic mass is 79.9. The summed E-state index contributed by atoms with van der Waals surface area (Å²) in [5.74, 6) is 0.653. The molecule has 0 fully saturated rings. The van der Waals surface area contributed by atoms with E-state index in [1.165, 1.54) is 12.1 Å². The van der Waals surface area contributed by atoms with Gasteiger partial charge in [-0.1, -0.05) is 27.7 Å². The SMILES string of the molecule is CNC(CC(C)CC(C)(C)C)c1c(Br)cnn1CCOC. The zero-order chi connectivity index (χ0) is 16.0. The summed E-state index contributed by atoms with van der Waals surface area (Å²) in [5, 5.41) is 7.90. The van der Waals surface area contributed by atoms with Crippen LogP contribution in [0.5, 0.6) is 0 Å². The van der Waals surface area contributed by atoms with Crippen molar-refractivity contribution in [3.63, 3.8) is 0 Å². The lowest BCUT2D eigenvalue weighted by molar-refractivity contribution is 0.181. The van der Waals surface area contributed by atoms with Gasteiger partial charge in [0.1, 0.15) is 0 Å². The second-order valence-electron chi connectivity index (χ2n) is 7.04. The molecule has 0 bridgehead atoms. The van der Waals surface area contributed by atoms with E-state index in [1.54, 1.807) is 7.11 Å². The van der Waals surface area contributed by atoms with Crippen LogP contribution in [-0.2, 0) is 11.3 Å². The molecule has 122 valence electrons. The van der Waals surface area contributed by atoms with Crippen molar-refractivity contribution < 1.29 is 4.74 Å². The van der Waals surface area contributed by atoms with Gasteiger partial charge in [0.15, 0.2) is 0 Å². The summed E-state index contributed by atoms with van der Waals surface area (Å²) in [6.45, 7) is 10.7. The van der Waals surface area contributed by atoms with Gasteiger partial charge in [0.05, 0.1) is 35.6 Å². The standard InChI is InChI=1S/C16H30BrN3O/c1-12(10-16(2,3)4)9-14(18-5)15-13(17)11-19-20(15)7-8-21-6/h11-12,14,18H,7-10H2,1-6H3. The quantitative estimate of drug-likeness (QED) is 0.761. The first-order chi connectivity index (χ1) is 9.78. The molecule has 0 saturated carbocycles. The lowest BCUT2D eigenvalue weighted by Crippen LogP contribution is -2.25. The molecule has 21 heavy (non-hydrogen) atoms. The minimum atomic E-state index is 0.302. The number of nitrogens with one attached hydrogen (secondary N) is 1. The maximum Gasteiger partial charge on any atom is 0.0696 e. The van der Waals surface area contributed by atoms with E-state index < -0.39 is 0 Å². The van der Waals surface area contributed by atoms with Gasteiger partial charge in [0.25, 0.3) is 0 Å². The second kappa shape index (κ2) is 8.30. The summed E-state index contributed by atoms with van der Waals surface area (Å²) in [5.41, 5.74) is 1.58. The van der Waals surface area contributed by atoms with Crippen LogP contribution in [-0.4, -0.2) is 30.5 Å². The van der Waals surface area contributed by atoms with Crippen LogP contribution >= 0.6 is 15.9 Å². The lowest BCUT2D eigenvalue weighted by Gasteiger charge is -2.27. The lowest BCUT2D eigenvalue weighted by atomic mass is 9.82. The van der Waals surface area contributed by atoms with Crippen LogP contribution in [0, 0.1) is 11.3 Å². The third-order valence-corrected chi connectivity index (χ3v) is 4.23. The van der Waals surface area contributed by atoms with E-state index in [-0.39, 0.29) is 0 Å². The Morgan fingerprint density at radius 1 is 1.43 bits per heavy atom. The molecule has 1 heterocycles. The van der Waals surface area contributed by atoms with Gasteiger partial charge in [-0.3, -0.25) is 4.68 Å². The Bertz CT molecular complexity index is 426. The Kier molecular flexibility index (Phi) is 7.37. The Labute approximate surface area is 137 Å². The fourth-order valence-corrected chi connectivity index (χ4v) is 3.54. The molecule has 2 unspecified atom stereocenters. The van der Waals surface area contributed by atoms with Crippen molar-refractivity contribution in [1.82, 2.24) is 15.1 Å². The third-order valence-electron chi connectivity index (χ3n) is 3.62. The highest BCUT2D eigenvalue weighted by molar-refractivity contribution is 9.10. The molecule has 0 aliphatic heterocycles. The van der Waals surface area contributed by atoms with Crippen LogP contribution in [0.1, 0.15) is 52.3 Å². The first kappa shape index (κ1) is 18.7. The summed E-state index contributed by atoms with van der Waals surface area (Å²) < 4.78 is 8.28. The van der Waals surface area contributed by atoms with Crippen molar-refractivity contribution in [3.8, 4) is 0 Å². The zero-order valence-electron chi connectivity index (χ0n) is 14.2. The van der Waals surface area contributed by atoms with Gasteiger partial charge in [0, 0.05) is 7.11 Å². The van der Waals surface area contributed by atoms with Gasteiger partial charge < -0.3 is 10.1 Å². The zero-order valence-corrected chi connectivity index (χ0v) is 15.8. The summed E-state index contributed by atoms with van der Waals surface area (Å²) in [7, 11) is 3.74. The predicted octanol–water partition coefficient (Wildman–Crippen LogP) is 4.01. The monoisotopic (exact) mass is 359 g/mol. The van der Waals surface area contributed by atoms with Gasteiger partial charge in [0.2, 0.25) is 0 Å². The number of hydrogen-bond acceptors (Lipinski definition) is 3. The largest absolute Gasteiger partial charge is 0.383 e. The first-order valence-electron chi connectivity index (χ1n) is 7.66. The van der Waals surface area contributed by atoms with E-state index in [0.717, 1.165) is 17.4 Å². The minimum absolute atomic E-state index is 0.302. The van der Waals surface area contributed by atoms with Gasteiger partial charge in [-0.15, -0.1) is 0 Å². The number of hydrogen-bond donors (Lipinski definition) is 1. The molecule has 0 aliphatic rings. The average Bonchev–Trinajstić information content (AvgIpc) is 2.72. The van der Waals surface area contributed by atoms with E-state index in [4.69, 9.17) is 4.74 Å². The van der Waals surface area contributed by atoms with Crippen molar-refractivity contribution >= 4 is 15.9 Å². The predicted molar refractivity (Wildman–Crippen MR) is 91.5 cm³/mol. The summed E-state index contributed by atoms with van der Waals surface area (Å²) in [6.07, 6.45) is 4.20. The summed E-state index contributed by atoms with van der Waals surface area (Å²) in [4.78, 5) is 0. The van der Waals surface area contributed by atoms with Crippen LogP contribution in [0.4, 0.5) is 0 Å². The van der Waals surface area contributed by atoms with Crippen LogP contribution in [0.25, 0.3) is 0 Å². The molecule has 5 heteroatoms. The van der Waals surface area contributed by atoms with E-state index in [9.17, 15) is 0 Å². The molecule has 0 amide bonds. The van der Waals surface area contributed by atoms with Crippen molar-refractivity contribution in [2.24, 2.45) is 11.3 Å². The van der Waals surface area contributed by atoms with Crippen molar-refractivity contribution in [1.29, 1.82) is 0 Å². The molecule has 1 N–H and O–H groups in total. The first-order valence-corrected chi connectivity index (χ1v) is 8.45. The molecule has 1 aromatic rings. The summed E-state index contributed by atoms with van der Waals surface area (Å²) in [6, 6.07) is 0.302. The van der Waals surface area contributed by atoms with Crippen LogP contribution in [0.2, 0.25) is 0 Å². The van der Waals surface area contributed by atoms with E-state index >= 15 is 0 Å². The minimum Gasteiger partial charge on any atom is -0.383 e. The molecular weight excluding hydrogens is 330 g/mol. The fourth-order valence-electron chi connectivity index (χ4n) is 2.97. The molecule has 0 aliphatic carbocycles. The molecule has 1 aromatic heterocycles. The van der Waals surface area contributed by atoms with Gasteiger partial charge in [-0.05, 0) is 47.2 Å². The number of nitrogens with zero attached hydrogens (tertiary/aromatic N) is 2. The Balaban J connectivity index is 2.82. The van der Waals surface area contributed by atoms with E-state index in [1.807, 2.05) is 17.9 Å². The Morgan fingerprint density at radius 3 is 2.62 bits per heavy atom. The number of rotatable bonds is 8. The third kappa shape index (κ3) is 6.09. The number of aromatic nitrogens is 2. The van der Waals surface area contributed by atoms with Crippen LogP contribution in [0.15, 0.2) is 10.7 Å². The molecule has 1 rings (SSSR count). The second-order valence-corrected chi connectivity index (χ2v) is 7.89. The average molecular weight is 360 g/mol. The molecule has 0 saturated heterocycles. The number of ether oxygens (including phenoxy) is 1. The highest BCUT2D eigenvalue weighted by Crippen LogP contribution is 2.32. The Morgan fingerprint density at radius 2 is 2.10 bits per heavy atom. The molecule has 0 spiro atoms. The maximum atomic E-state index is 5.17. The van der Waals surface area contributed by atoms with Crippen LogP contribution in [0.3, 0.4) is 0 Å². The molecular formula is C16H30BrN3O. The van der Waals surface area contributed by atoms with Gasteiger partial charge >= 0.3 is 0 Å². The highest BCUT2D eigenvalue weighted by Gasteiger charge is 2.23. The van der Waals surface area contributed by atoms with Crippen LogP contribution < -0.4 is 5.32 Å². The molecule has 2 atom stereocenters. The maximum absolute atomic E-state index is 5.17. The molecule has 0 aromatic carbocycles. The fraction of sp³-hybridized carbons (Fsp3) is 0.812. The molecule has 4 nitrogen and oxygen atoms in total. The van der Waals surface area contributed by atoms with Crippen molar-refractivity contribution in [2.75, 3.05) is 20.8 Å². The van der Waals surface area contributed by atoms with Gasteiger partial charge in [-0.2, -0.15) is 5.10 Å². The number of halogens is 1. The topological polar surface area (TPSA) is 39.1 Å². The van der Waals surface area contributed by atoms with E-state index in [2.05, 4.69) is 54.0 Å². The van der Waals surface area contributed by atoms with Gasteiger partial charge in [-0.25, -0.2) is 0 Å². The normalized spacial score (nSPS) is 15.2.